The molecule has 3 atom stereocenters. The van der Waals surface area contributed by atoms with Gasteiger partial charge < -0.3 is 19.5 Å². The Morgan fingerprint density at radius 2 is 1.61 bits per heavy atom. The molecule has 0 saturated carbocycles. The number of rotatable bonds is 11. The number of nitrogens with one attached hydrogen (secondary N) is 2. The molecule has 4 rings (SSSR count). The Hall–Kier alpha value is -4.35. The SMILES string of the molecule is Cc1cc(C[C@H]2C[NH+](C(=O)OC(C)(C)C)C[C@H]2OCC(=O)NCCc2cccc(F)c2)nc(N(Cc2ccccc2)C(=O)OC(C)(C)C)c1. The number of amides is 3. The Bertz CT molecular complexity index is 1590. The molecule has 3 amide bonds. The van der Waals surface area contributed by atoms with Gasteiger partial charge in [-0.25, -0.2) is 19.1 Å². The number of benzene rings is 2. The third-order valence-electron chi connectivity index (χ3n) is 7.78. The van der Waals surface area contributed by atoms with Crippen LogP contribution in [0, 0.1) is 18.7 Å². The summed E-state index contributed by atoms with van der Waals surface area (Å²) < 4.78 is 31.1. The number of hydrogen-bond acceptors (Lipinski definition) is 7. The summed E-state index contributed by atoms with van der Waals surface area (Å²) in [7, 11) is 0. The molecule has 0 radical (unpaired) electrons. The number of ether oxygens (including phenoxy) is 3. The summed E-state index contributed by atoms with van der Waals surface area (Å²) in [6.07, 6.45) is -0.391. The first kappa shape index (κ1) is 37.5. The van der Waals surface area contributed by atoms with Gasteiger partial charge in [0.2, 0.25) is 5.91 Å². The van der Waals surface area contributed by atoms with Crippen molar-refractivity contribution in [3.8, 4) is 0 Å². The van der Waals surface area contributed by atoms with Crippen LogP contribution in [0.1, 0.15) is 63.9 Å². The zero-order valence-electron chi connectivity index (χ0n) is 29.7. The topological polar surface area (TPSA) is 111 Å². The van der Waals surface area contributed by atoms with Gasteiger partial charge in [-0.15, -0.1) is 0 Å². The minimum absolute atomic E-state index is 0.172. The van der Waals surface area contributed by atoms with E-state index in [1.807, 2.05) is 97.0 Å². The standard InChI is InChI=1S/C38H49FN4O6/c1-26-18-31(41-33(19-26)43(36(46)49-38(5,6)7)22-28-12-9-8-10-13-28)21-29-23-42(35(45)48-37(2,3)4)24-32(29)47-25-34(44)40-17-16-27-14-11-15-30(39)20-27/h8-15,18-20,29,32H,16-17,21-25H2,1-7H3,(H,40,44)/p+1/t29-,32+/m0/s1. The van der Waals surface area contributed by atoms with Crippen molar-refractivity contribution in [2.75, 3.05) is 31.1 Å². The van der Waals surface area contributed by atoms with Crippen LogP contribution in [-0.2, 0) is 38.4 Å². The molecule has 2 N–H and O–H groups in total. The largest absolute Gasteiger partial charge is 0.514 e. The fourth-order valence-electron chi connectivity index (χ4n) is 5.68. The average molecular weight is 678 g/mol. The van der Waals surface area contributed by atoms with E-state index in [2.05, 4.69) is 5.32 Å². The van der Waals surface area contributed by atoms with Gasteiger partial charge in [0.1, 0.15) is 42.1 Å². The van der Waals surface area contributed by atoms with Gasteiger partial charge in [0.15, 0.2) is 0 Å². The van der Waals surface area contributed by atoms with E-state index in [1.165, 1.54) is 17.0 Å². The Balaban J connectivity index is 1.50. The maximum absolute atomic E-state index is 13.5. The van der Waals surface area contributed by atoms with E-state index in [0.29, 0.717) is 43.2 Å². The first-order valence-corrected chi connectivity index (χ1v) is 16.8. The summed E-state index contributed by atoms with van der Waals surface area (Å²) in [5, 5.41) is 2.83. The fourth-order valence-corrected chi connectivity index (χ4v) is 5.68. The number of carbonyl (C=O) groups is 3. The predicted molar refractivity (Wildman–Crippen MR) is 185 cm³/mol. The lowest BCUT2D eigenvalue weighted by Crippen LogP contribution is -3.13. The summed E-state index contributed by atoms with van der Waals surface area (Å²) in [4.78, 5) is 46.4. The molecule has 0 aliphatic carbocycles. The van der Waals surface area contributed by atoms with Crippen molar-refractivity contribution >= 4 is 23.9 Å². The number of anilines is 1. The van der Waals surface area contributed by atoms with E-state index in [9.17, 15) is 18.8 Å². The van der Waals surface area contributed by atoms with Crippen molar-refractivity contribution < 1.29 is 37.9 Å². The number of quaternary nitrogens is 1. The molecular formula is C38H50FN4O6+. The number of pyridine rings is 1. The third kappa shape index (κ3) is 12.2. The molecule has 1 aromatic heterocycles. The molecular weight excluding hydrogens is 627 g/mol. The lowest BCUT2D eigenvalue weighted by molar-refractivity contribution is -0.814. The lowest BCUT2D eigenvalue weighted by atomic mass is 9.98. The molecule has 0 bridgehead atoms. The zero-order chi connectivity index (χ0) is 35.8. The van der Waals surface area contributed by atoms with Crippen molar-refractivity contribution in [1.82, 2.24) is 10.3 Å². The van der Waals surface area contributed by atoms with Gasteiger partial charge in [0.25, 0.3) is 0 Å². The monoisotopic (exact) mass is 677 g/mol. The number of aryl methyl sites for hydroxylation is 1. The molecule has 0 spiro atoms. The molecule has 2 aromatic carbocycles. The number of likely N-dealkylation sites (tertiary alicyclic amines) is 1. The van der Waals surface area contributed by atoms with Gasteiger partial charge in [-0.2, -0.15) is 4.79 Å². The first-order valence-electron chi connectivity index (χ1n) is 16.8. The van der Waals surface area contributed by atoms with E-state index < -0.39 is 23.4 Å². The van der Waals surface area contributed by atoms with Crippen molar-refractivity contribution in [3.63, 3.8) is 0 Å². The van der Waals surface area contributed by atoms with E-state index in [0.717, 1.165) is 22.4 Å². The molecule has 2 heterocycles. The second-order valence-corrected chi connectivity index (χ2v) is 14.6. The van der Waals surface area contributed by atoms with E-state index in [-0.39, 0.29) is 36.9 Å². The number of alkyl carbamates (subject to hydrolysis) is 2. The van der Waals surface area contributed by atoms with Crippen LogP contribution in [0.2, 0.25) is 0 Å². The number of nitrogens with zero attached hydrogens (tertiary/aromatic N) is 2. The van der Waals surface area contributed by atoms with E-state index in [1.54, 1.807) is 6.07 Å². The Morgan fingerprint density at radius 1 is 0.918 bits per heavy atom. The van der Waals surface area contributed by atoms with Crippen molar-refractivity contribution in [2.45, 2.75) is 85.2 Å². The summed E-state index contributed by atoms with van der Waals surface area (Å²) in [5.74, 6) is -0.336. The Kier molecular flexibility index (Phi) is 12.5. The predicted octanol–water partition coefficient (Wildman–Crippen LogP) is 5.21. The molecule has 11 heteroatoms. The molecule has 10 nitrogen and oxygen atoms in total. The Morgan fingerprint density at radius 3 is 2.29 bits per heavy atom. The maximum atomic E-state index is 13.5. The van der Waals surface area contributed by atoms with Crippen molar-refractivity contribution in [1.29, 1.82) is 0 Å². The average Bonchev–Trinajstić information content (AvgIpc) is 3.40. The van der Waals surface area contributed by atoms with Crippen LogP contribution in [0.25, 0.3) is 0 Å². The van der Waals surface area contributed by atoms with Gasteiger partial charge in [-0.3, -0.25) is 9.69 Å². The lowest BCUT2D eigenvalue weighted by Gasteiger charge is -2.27. The molecule has 264 valence electrons. The molecule has 1 aliphatic heterocycles. The minimum atomic E-state index is -0.702. The van der Waals surface area contributed by atoms with Gasteiger partial charge in [0.05, 0.1) is 13.1 Å². The molecule has 49 heavy (non-hydrogen) atoms. The smallest absolute Gasteiger partial charge is 0.443 e. The van der Waals surface area contributed by atoms with Gasteiger partial charge in [0, 0.05) is 24.6 Å². The van der Waals surface area contributed by atoms with Crippen LogP contribution in [0.15, 0.2) is 66.7 Å². The van der Waals surface area contributed by atoms with Crippen LogP contribution in [0.3, 0.4) is 0 Å². The molecule has 3 aromatic rings. The highest BCUT2D eigenvalue weighted by atomic mass is 19.1. The molecule has 1 fully saturated rings. The summed E-state index contributed by atoms with van der Waals surface area (Å²) in [6.45, 7) is 14.0. The summed E-state index contributed by atoms with van der Waals surface area (Å²) >= 11 is 0. The molecule has 1 unspecified atom stereocenters. The highest BCUT2D eigenvalue weighted by Gasteiger charge is 2.43. The Labute approximate surface area is 288 Å². The van der Waals surface area contributed by atoms with E-state index >= 15 is 0 Å². The highest BCUT2D eigenvalue weighted by Crippen LogP contribution is 2.24. The van der Waals surface area contributed by atoms with Crippen LogP contribution >= 0.6 is 0 Å². The van der Waals surface area contributed by atoms with Gasteiger partial charge in [-0.1, -0.05) is 42.5 Å². The second-order valence-electron chi connectivity index (χ2n) is 14.6. The maximum Gasteiger partial charge on any atom is 0.514 e. The number of aromatic nitrogens is 1. The zero-order valence-corrected chi connectivity index (χ0v) is 29.7. The quantitative estimate of drug-likeness (QED) is 0.287. The van der Waals surface area contributed by atoms with Crippen LogP contribution < -0.4 is 15.1 Å². The normalized spacial score (nSPS) is 17.8. The minimum Gasteiger partial charge on any atom is -0.443 e. The van der Waals surface area contributed by atoms with E-state index in [4.69, 9.17) is 19.2 Å². The summed E-state index contributed by atoms with van der Waals surface area (Å²) in [6, 6.07) is 19.7. The first-order chi connectivity index (χ1) is 23.0. The second kappa shape index (κ2) is 16.4. The summed E-state index contributed by atoms with van der Waals surface area (Å²) in [5.41, 5.74) is 1.98. The van der Waals surface area contributed by atoms with Gasteiger partial charge in [-0.05, 0) is 95.8 Å². The number of hydrogen-bond donors (Lipinski definition) is 2. The third-order valence-corrected chi connectivity index (χ3v) is 7.78. The number of halogens is 1. The van der Waals surface area contributed by atoms with Crippen LogP contribution in [0.5, 0.6) is 0 Å². The highest BCUT2D eigenvalue weighted by molar-refractivity contribution is 5.86. The fraction of sp³-hybridized carbons (Fsp3) is 0.474. The van der Waals surface area contributed by atoms with Crippen LogP contribution in [0.4, 0.5) is 19.8 Å². The van der Waals surface area contributed by atoms with Crippen LogP contribution in [-0.4, -0.2) is 66.6 Å². The van der Waals surface area contributed by atoms with Gasteiger partial charge >= 0.3 is 12.2 Å². The molecule has 1 saturated heterocycles. The number of carbonyl (C=O) groups excluding carboxylic acids is 3. The van der Waals surface area contributed by atoms with Crippen molar-refractivity contribution in [3.05, 3.63) is 94.9 Å². The molecule has 1 aliphatic rings. The van der Waals surface area contributed by atoms with Crippen molar-refractivity contribution in [2.24, 2.45) is 5.92 Å².